The second kappa shape index (κ2) is 9.63. The minimum absolute atomic E-state index is 0.228. The van der Waals surface area contributed by atoms with Crippen LogP contribution in [0.25, 0.3) is 0 Å². The highest BCUT2D eigenvalue weighted by atomic mass is 35.5. The molecule has 2 rings (SSSR count). The van der Waals surface area contributed by atoms with Crippen molar-refractivity contribution in [2.45, 2.75) is 20.3 Å². The summed E-state index contributed by atoms with van der Waals surface area (Å²) < 4.78 is 0. The molecule has 7 heteroatoms. The van der Waals surface area contributed by atoms with E-state index in [-0.39, 0.29) is 5.91 Å². The first kappa shape index (κ1) is 19.5. The van der Waals surface area contributed by atoms with Crippen LogP contribution in [0.15, 0.2) is 24.3 Å². The molecule has 1 aliphatic rings. The van der Waals surface area contributed by atoms with Gasteiger partial charge in [-0.3, -0.25) is 10.1 Å². The Morgan fingerprint density at radius 1 is 1.28 bits per heavy atom. The summed E-state index contributed by atoms with van der Waals surface area (Å²) in [4.78, 5) is 27.1. The highest BCUT2D eigenvalue weighted by Gasteiger charge is 2.23. The smallest absolute Gasteiger partial charge is 0.321 e. The molecule has 1 saturated heterocycles. The molecule has 0 bridgehead atoms. The van der Waals surface area contributed by atoms with Gasteiger partial charge >= 0.3 is 6.03 Å². The van der Waals surface area contributed by atoms with Gasteiger partial charge in [0.2, 0.25) is 0 Å². The number of hydrogen-bond acceptors (Lipinski definition) is 3. The molecule has 0 unspecified atom stereocenters. The van der Waals surface area contributed by atoms with Gasteiger partial charge in [0.15, 0.2) is 6.54 Å². The molecule has 0 radical (unpaired) electrons. The first-order valence-corrected chi connectivity index (χ1v) is 9.23. The molecule has 1 aromatic rings. The van der Waals surface area contributed by atoms with Crippen LogP contribution in [0.5, 0.6) is 0 Å². The number of anilines is 1. The largest absolute Gasteiger partial charge is 0.360 e. The number of urea groups is 1. The number of benzene rings is 1. The van der Waals surface area contributed by atoms with Gasteiger partial charge in [-0.05, 0) is 30.5 Å². The van der Waals surface area contributed by atoms with Gasteiger partial charge in [-0.2, -0.15) is 0 Å². The highest BCUT2D eigenvalue weighted by molar-refractivity contribution is 6.30. The Balaban J connectivity index is 1.69. The van der Waals surface area contributed by atoms with Crippen molar-refractivity contribution in [2.24, 2.45) is 5.92 Å². The lowest BCUT2D eigenvalue weighted by Gasteiger charge is -2.33. The normalized spacial score (nSPS) is 15.3. The average Bonchev–Trinajstić information content (AvgIpc) is 2.55. The molecule has 0 aliphatic carbocycles. The van der Waals surface area contributed by atoms with Crippen molar-refractivity contribution in [3.63, 3.8) is 0 Å². The predicted molar refractivity (Wildman–Crippen MR) is 100 cm³/mol. The molecule has 1 aromatic carbocycles. The van der Waals surface area contributed by atoms with Gasteiger partial charge in [0, 0.05) is 17.3 Å². The molecule has 0 aromatic heterocycles. The van der Waals surface area contributed by atoms with Crippen LogP contribution in [0.3, 0.4) is 0 Å². The van der Waals surface area contributed by atoms with Crippen molar-refractivity contribution in [3.8, 4) is 0 Å². The summed E-state index contributed by atoms with van der Waals surface area (Å²) >= 11 is 6.04. The Kier molecular flexibility index (Phi) is 7.52. The summed E-state index contributed by atoms with van der Waals surface area (Å²) in [6, 6.07) is 7.42. The molecule has 1 aliphatic heterocycles. The number of quaternary nitrogens is 1. The molecule has 0 spiro atoms. The number of carbonyl (C=O) groups is 2. The van der Waals surface area contributed by atoms with Gasteiger partial charge < -0.3 is 15.1 Å². The zero-order valence-electron chi connectivity index (χ0n) is 15.0. The van der Waals surface area contributed by atoms with Crippen LogP contribution in [0, 0.1) is 5.92 Å². The van der Waals surface area contributed by atoms with Crippen molar-refractivity contribution in [2.75, 3.05) is 44.2 Å². The fourth-order valence-electron chi connectivity index (χ4n) is 2.85. The summed E-state index contributed by atoms with van der Waals surface area (Å²) in [6.07, 6.45) is 0.901. The Morgan fingerprint density at radius 2 is 2.00 bits per heavy atom. The number of carbonyl (C=O) groups excluding carboxylic acids is 2. The van der Waals surface area contributed by atoms with Gasteiger partial charge in [0.05, 0.1) is 26.2 Å². The van der Waals surface area contributed by atoms with E-state index in [2.05, 4.69) is 29.4 Å². The van der Waals surface area contributed by atoms with Crippen molar-refractivity contribution in [1.82, 2.24) is 10.6 Å². The first-order chi connectivity index (χ1) is 11.9. The molecule has 1 heterocycles. The summed E-state index contributed by atoms with van der Waals surface area (Å²) in [5.74, 6) is 0.296. The Labute approximate surface area is 154 Å². The third-order valence-corrected chi connectivity index (χ3v) is 4.55. The number of amides is 3. The van der Waals surface area contributed by atoms with Gasteiger partial charge in [-0.15, -0.1) is 0 Å². The zero-order valence-corrected chi connectivity index (χ0v) is 15.7. The van der Waals surface area contributed by atoms with E-state index in [4.69, 9.17) is 11.6 Å². The maximum atomic E-state index is 12.0. The van der Waals surface area contributed by atoms with E-state index >= 15 is 0 Å². The minimum atomic E-state index is -0.400. The Bertz CT molecular complexity index is 586. The lowest BCUT2D eigenvalue weighted by Crippen LogP contribution is -3.16. The standard InChI is InChI=1S/C18H27ClN4O2/c1-14(2)6-7-20-18(25)21-17(24)13-22-8-10-23(11-9-22)16-5-3-4-15(19)12-16/h3-5,12,14H,6-11,13H2,1-2H3,(H2,20,21,24,25)/p+1. The van der Waals surface area contributed by atoms with Crippen LogP contribution < -0.4 is 20.4 Å². The number of nitrogens with zero attached hydrogens (tertiary/aromatic N) is 1. The molecule has 25 heavy (non-hydrogen) atoms. The van der Waals surface area contributed by atoms with E-state index in [0.29, 0.717) is 19.0 Å². The Hall–Kier alpha value is -1.79. The summed E-state index contributed by atoms with van der Waals surface area (Å²) in [5.41, 5.74) is 1.11. The second-order valence-electron chi connectivity index (χ2n) is 6.88. The fourth-order valence-corrected chi connectivity index (χ4v) is 3.03. The summed E-state index contributed by atoms with van der Waals surface area (Å²) in [7, 11) is 0. The van der Waals surface area contributed by atoms with Crippen LogP contribution in [0.1, 0.15) is 20.3 Å². The Morgan fingerprint density at radius 3 is 2.64 bits per heavy atom. The third kappa shape index (κ3) is 6.92. The lowest BCUT2D eigenvalue weighted by atomic mass is 10.1. The number of imide groups is 1. The first-order valence-electron chi connectivity index (χ1n) is 8.86. The second-order valence-corrected chi connectivity index (χ2v) is 7.32. The van der Waals surface area contributed by atoms with E-state index in [1.807, 2.05) is 24.3 Å². The van der Waals surface area contributed by atoms with Crippen molar-refractivity contribution >= 4 is 29.2 Å². The molecular weight excluding hydrogens is 340 g/mol. The minimum Gasteiger partial charge on any atom is -0.360 e. The van der Waals surface area contributed by atoms with Crippen LogP contribution in [-0.2, 0) is 4.79 Å². The van der Waals surface area contributed by atoms with Crippen LogP contribution in [-0.4, -0.2) is 51.2 Å². The van der Waals surface area contributed by atoms with E-state index < -0.39 is 6.03 Å². The summed E-state index contributed by atoms with van der Waals surface area (Å²) in [5, 5.41) is 5.86. The number of nitrogens with one attached hydrogen (secondary N) is 3. The monoisotopic (exact) mass is 367 g/mol. The topological polar surface area (TPSA) is 65.9 Å². The number of rotatable bonds is 6. The fraction of sp³-hybridized carbons (Fsp3) is 0.556. The third-order valence-electron chi connectivity index (χ3n) is 4.31. The van der Waals surface area contributed by atoms with Gasteiger partial charge in [0.25, 0.3) is 5.91 Å². The van der Waals surface area contributed by atoms with Gasteiger partial charge in [-0.1, -0.05) is 31.5 Å². The highest BCUT2D eigenvalue weighted by Crippen LogP contribution is 2.19. The van der Waals surface area contributed by atoms with E-state index in [0.717, 1.165) is 43.3 Å². The van der Waals surface area contributed by atoms with Crippen molar-refractivity contribution in [1.29, 1.82) is 0 Å². The lowest BCUT2D eigenvalue weighted by molar-refractivity contribution is -0.892. The quantitative estimate of drug-likeness (QED) is 0.700. The predicted octanol–water partition coefficient (Wildman–Crippen LogP) is 0.917. The number of piperazine rings is 1. The number of hydrogen-bond donors (Lipinski definition) is 3. The van der Waals surface area contributed by atoms with E-state index in [1.54, 1.807) is 0 Å². The molecule has 3 N–H and O–H groups in total. The van der Waals surface area contributed by atoms with E-state index in [1.165, 1.54) is 4.90 Å². The maximum absolute atomic E-state index is 12.0. The van der Waals surface area contributed by atoms with Crippen LogP contribution in [0.2, 0.25) is 5.02 Å². The van der Waals surface area contributed by atoms with Gasteiger partial charge in [-0.25, -0.2) is 4.79 Å². The molecule has 3 amide bonds. The molecule has 0 atom stereocenters. The van der Waals surface area contributed by atoms with Crippen LogP contribution in [0.4, 0.5) is 10.5 Å². The zero-order chi connectivity index (χ0) is 18.2. The average molecular weight is 368 g/mol. The molecular formula is C18H28ClN4O2+. The van der Waals surface area contributed by atoms with Gasteiger partial charge in [0.1, 0.15) is 0 Å². The van der Waals surface area contributed by atoms with Crippen molar-refractivity contribution < 1.29 is 14.5 Å². The molecule has 1 fully saturated rings. The van der Waals surface area contributed by atoms with Crippen molar-refractivity contribution in [3.05, 3.63) is 29.3 Å². The van der Waals surface area contributed by atoms with Crippen LogP contribution >= 0.6 is 11.6 Å². The molecule has 0 saturated carbocycles. The SMILES string of the molecule is CC(C)CCNC(=O)NC(=O)C[NH+]1CCN(c2cccc(Cl)c2)CC1. The molecule has 138 valence electrons. The molecule has 6 nitrogen and oxygen atoms in total. The summed E-state index contributed by atoms with van der Waals surface area (Å²) in [6.45, 7) is 8.54. The maximum Gasteiger partial charge on any atom is 0.321 e. The van der Waals surface area contributed by atoms with E-state index in [9.17, 15) is 9.59 Å². The number of halogens is 1.